The van der Waals surface area contributed by atoms with E-state index in [1.54, 1.807) is 17.4 Å². The van der Waals surface area contributed by atoms with Crippen LogP contribution in [0.25, 0.3) is 6.08 Å². The third kappa shape index (κ3) is 4.44. The zero-order chi connectivity index (χ0) is 18.6. The van der Waals surface area contributed by atoms with Gasteiger partial charge in [-0.05, 0) is 67.9 Å². The summed E-state index contributed by atoms with van der Waals surface area (Å²) < 4.78 is 0. The summed E-state index contributed by atoms with van der Waals surface area (Å²) in [6.45, 7) is 3.23. The van der Waals surface area contributed by atoms with Crippen molar-refractivity contribution < 1.29 is 4.79 Å². The van der Waals surface area contributed by atoms with Crippen molar-refractivity contribution in [3.8, 4) is 0 Å². The minimum atomic E-state index is -0.121. The van der Waals surface area contributed by atoms with E-state index in [2.05, 4.69) is 15.1 Å². The van der Waals surface area contributed by atoms with E-state index in [0.29, 0.717) is 23.1 Å². The molecule has 2 unspecified atom stereocenters. The number of thiocarbonyl (C=S) groups is 1. The van der Waals surface area contributed by atoms with Crippen molar-refractivity contribution in [3.63, 3.8) is 0 Å². The maximum absolute atomic E-state index is 12.4. The highest BCUT2D eigenvalue weighted by Gasteiger charge is 2.44. The summed E-state index contributed by atoms with van der Waals surface area (Å²) in [5, 5.41) is 5.61. The summed E-state index contributed by atoms with van der Waals surface area (Å²) >= 11 is 7.34. The molecule has 3 fully saturated rings. The molecule has 4 rings (SSSR count). The summed E-state index contributed by atoms with van der Waals surface area (Å²) in [5.41, 5.74) is 0. The van der Waals surface area contributed by atoms with Crippen molar-refractivity contribution >= 4 is 40.7 Å². The number of rotatable bonds is 3. The number of amides is 1. The first-order chi connectivity index (χ1) is 13.2. The van der Waals surface area contributed by atoms with Gasteiger partial charge in [0.2, 0.25) is 5.91 Å². The molecular weight excluding hydrogens is 374 g/mol. The lowest BCUT2D eigenvalue weighted by Crippen LogP contribution is -2.63. The van der Waals surface area contributed by atoms with Gasteiger partial charge in [0.15, 0.2) is 5.11 Å². The predicted molar refractivity (Wildman–Crippen MR) is 116 cm³/mol. The number of carbonyl (C=O) groups excluding carboxylic acids is 1. The molecule has 3 heterocycles. The Morgan fingerprint density at radius 2 is 2.00 bits per heavy atom. The Labute approximate surface area is 171 Å². The van der Waals surface area contributed by atoms with E-state index in [1.165, 1.54) is 51.5 Å². The number of carbonyl (C=O) groups is 1. The van der Waals surface area contributed by atoms with Crippen LogP contribution >= 0.6 is 23.6 Å². The van der Waals surface area contributed by atoms with Crippen LogP contribution in [-0.2, 0) is 4.79 Å². The summed E-state index contributed by atoms with van der Waals surface area (Å²) in [5.74, 6) is 0.589. The fraction of sp³-hybridized carbons (Fsp3) is 0.619. The Kier molecular flexibility index (Phi) is 6.25. The lowest BCUT2D eigenvalue weighted by molar-refractivity contribution is -0.115. The van der Waals surface area contributed by atoms with E-state index in [4.69, 9.17) is 12.2 Å². The van der Waals surface area contributed by atoms with E-state index in [-0.39, 0.29) is 5.91 Å². The first-order valence-electron chi connectivity index (χ1n) is 10.3. The molecule has 146 valence electrons. The second-order valence-electron chi connectivity index (χ2n) is 7.97. The molecule has 1 aromatic heterocycles. The van der Waals surface area contributed by atoms with E-state index < -0.39 is 0 Å². The van der Waals surface area contributed by atoms with Crippen LogP contribution in [0.4, 0.5) is 0 Å². The van der Waals surface area contributed by atoms with Gasteiger partial charge in [0, 0.05) is 36.1 Å². The molecule has 1 saturated carbocycles. The van der Waals surface area contributed by atoms with Crippen LogP contribution in [-0.4, -0.2) is 52.5 Å². The summed E-state index contributed by atoms with van der Waals surface area (Å²) in [7, 11) is 0. The highest BCUT2D eigenvalue weighted by molar-refractivity contribution is 7.80. The highest BCUT2D eigenvalue weighted by atomic mass is 32.1. The van der Waals surface area contributed by atoms with Gasteiger partial charge in [-0.25, -0.2) is 0 Å². The van der Waals surface area contributed by atoms with Crippen LogP contribution in [0, 0.1) is 5.92 Å². The Morgan fingerprint density at radius 3 is 2.78 bits per heavy atom. The zero-order valence-corrected chi connectivity index (χ0v) is 17.4. The molecule has 0 radical (unpaired) electrons. The molecule has 2 aliphatic heterocycles. The van der Waals surface area contributed by atoms with Gasteiger partial charge in [-0.3, -0.25) is 15.0 Å². The number of thiophene rings is 1. The topological polar surface area (TPSA) is 35.6 Å². The Morgan fingerprint density at radius 1 is 1.15 bits per heavy atom. The number of fused-ring (bicyclic) bond motifs is 1. The fourth-order valence-electron chi connectivity index (χ4n) is 5.15. The molecule has 1 aromatic rings. The monoisotopic (exact) mass is 403 g/mol. The highest BCUT2D eigenvalue weighted by Crippen LogP contribution is 2.37. The Hall–Kier alpha value is -1.24. The van der Waals surface area contributed by atoms with E-state index in [9.17, 15) is 4.79 Å². The molecule has 1 amide bonds. The van der Waals surface area contributed by atoms with Crippen molar-refractivity contribution in [2.75, 3.05) is 19.6 Å². The zero-order valence-electron chi connectivity index (χ0n) is 15.8. The molecule has 2 saturated heterocycles. The number of hydrogen-bond acceptors (Lipinski definition) is 4. The summed E-state index contributed by atoms with van der Waals surface area (Å²) in [4.78, 5) is 18.5. The second-order valence-corrected chi connectivity index (χ2v) is 9.34. The number of hydrogen-bond donors (Lipinski definition) is 1. The standard InChI is InChI=1S/C21H29N3OS2/c25-19(11-10-17-8-5-15-27-17)22-21(26)24-14-13-23-12-4-9-18(23)20(24)16-6-2-1-3-7-16/h5,8,10-11,15-16,18,20H,1-4,6-7,9,12-14H2,(H,22,25,26)/b11-10+. The van der Waals surface area contributed by atoms with Crippen molar-refractivity contribution in [1.82, 2.24) is 15.1 Å². The van der Waals surface area contributed by atoms with E-state index in [0.717, 1.165) is 18.0 Å². The van der Waals surface area contributed by atoms with Crippen LogP contribution in [0.2, 0.25) is 0 Å². The third-order valence-corrected chi connectivity index (χ3v) is 7.54. The molecule has 2 atom stereocenters. The van der Waals surface area contributed by atoms with Crippen molar-refractivity contribution in [2.24, 2.45) is 5.92 Å². The number of nitrogens with one attached hydrogen (secondary N) is 1. The van der Waals surface area contributed by atoms with Crippen LogP contribution in [0.15, 0.2) is 23.6 Å². The van der Waals surface area contributed by atoms with E-state index >= 15 is 0 Å². The van der Waals surface area contributed by atoms with Gasteiger partial charge in [0.1, 0.15) is 0 Å². The maximum atomic E-state index is 12.4. The average Bonchev–Trinajstić information content (AvgIpc) is 3.37. The summed E-state index contributed by atoms with van der Waals surface area (Å²) in [6, 6.07) is 5.07. The van der Waals surface area contributed by atoms with Gasteiger partial charge in [0.05, 0.1) is 0 Å². The first-order valence-corrected chi connectivity index (χ1v) is 11.6. The van der Waals surface area contributed by atoms with E-state index in [1.807, 2.05) is 23.6 Å². The lowest BCUT2D eigenvalue weighted by Gasteiger charge is -2.50. The fourth-order valence-corrected chi connectivity index (χ4v) is 6.08. The molecular formula is C21H29N3OS2. The van der Waals surface area contributed by atoms with Crippen LogP contribution in [0.3, 0.4) is 0 Å². The molecule has 27 heavy (non-hydrogen) atoms. The molecule has 1 aliphatic carbocycles. The first kappa shape index (κ1) is 19.1. The van der Waals surface area contributed by atoms with Gasteiger partial charge < -0.3 is 4.90 Å². The van der Waals surface area contributed by atoms with Crippen LogP contribution in [0.5, 0.6) is 0 Å². The largest absolute Gasteiger partial charge is 0.343 e. The van der Waals surface area contributed by atoms with Crippen molar-refractivity contribution in [2.45, 2.75) is 57.0 Å². The molecule has 6 heteroatoms. The maximum Gasteiger partial charge on any atom is 0.250 e. The lowest BCUT2D eigenvalue weighted by atomic mass is 9.79. The quantitative estimate of drug-likeness (QED) is 0.613. The van der Waals surface area contributed by atoms with Gasteiger partial charge >= 0.3 is 0 Å². The molecule has 3 aliphatic rings. The third-order valence-electron chi connectivity index (χ3n) is 6.36. The molecule has 0 bridgehead atoms. The average molecular weight is 404 g/mol. The van der Waals surface area contributed by atoms with Crippen LogP contribution in [0.1, 0.15) is 49.8 Å². The SMILES string of the molecule is O=C(/C=C/c1cccs1)NC(=S)N1CCN2CCCC2C1C1CCCCC1. The number of nitrogens with zero attached hydrogens (tertiary/aromatic N) is 2. The van der Waals surface area contributed by atoms with Gasteiger partial charge in [-0.2, -0.15) is 0 Å². The minimum absolute atomic E-state index is 0.121. The van der Waals surface area contributed by atoms with Gasteiger partial charge in [-0.15, -0.1) is 11.3 Å². The van der Waals surface area contributed by atoms with Crippen molar-refractivity contribution in [1.29, 1.82) is 0 Å². The molecule has 0 spiro atoms. The molecule has 0 aromatic carbocycles. The normalized spacial score (nSPS) is 27.0. The van der Waals surface area contributed by atoms with Crippen LogP contribution < -0.4 is 5.32 Å². The van der Waals surface area contributed by atoms with Gasteiger partial charge in [-0.1, -0.05) is 25.3 Å². The number of piperazine rings is 1. The minimum Gasteiger partial charge on any atom is -0.343 e. The molecule has 1 N–H and O–H groups in total. The van der Waals surface area contributed by atoms with Crippen molar-refractivity contribution in [3.05, 3.63) is 28.5 Å². The smallest absolute Gasteiger partial charge is 0.250 e. The Balaban J connectivity index is 1.44. The second kappa shape index (κ2) is 8.84. The van der Waals surface area contributed by atoms with Gasteiger partial charge in [0.25, 0.3) is 0 Å². The predicted octanol–water partition coefficient (Wildman–Crippen LogP) is 3.89. The molecule has 4 nitrogen and oxygen atoms in total. The summed E-state index contributed by atoms with van der Waals surface area (Å²) in [6.07, 6.45) is 12.7. The Bertz CT molecular complexity index is 682.